The highest BCUT2D eigenvalue weighted by atomic mass is 35.5. The fourth-order valence-corrected chi connectivity index (χ4v) is 2.99. The van der Waals surface area contributed by atoms with Gasteiger partial charge in [0.1, 0.15) is 17.5 Å². The monoisotopic (exact) mass is 350 g/mol. The molecule has 3 rings (SSSR count). The first kappa shape index (κ1) is 16.5. The van der Waals surface area contributed by atoms with Crippen molar-refractivity contribution < 1.29 is 18.4 Å². The highest BCUT2D eigenvalue weighted by molar-refractivity contribution is 6.30. The summed E-state index contributed by atoms with van der Waals surface area (Å²) in [6, 6.07) is 7.62. The molecule has 1 unspecified atom stereocenters. The molecule has 0 bridgehead atoms. The molecule has 1 fully saturated rings. The Morgan fingerprint density at radius 3 is 2.92 bits per heavy atom. The first-order chi connectivity index (χ1) is 11.5. The van der Waals surface area contributed by atoms with Crippen molar-refractivity contribution in [3.8, 4) is 0 Å². The zero-order valence-corrected chi connectivity index (χ0v) is 13.8. The van der Waals surface area contributed by atoms with Gasteiger partial charge in [0.2, 0.25) is 11.8 Å². The van der Waals surface area contributed by atoms with E-state index in [-0.39, 0.29) is 23.2 Å². The Morgan fingerprint density at radius 2 is 2.25 bits per heavy atom. The number of furan rings is 1. The molecule has 0 radical (unpaired) electrons. The van der Waals surface area contributed by atoms with Crippen molar-refractivity contribution in [1.82, 2.24) is 4.90 Å². The molecule has 1 aliphatic rings. The summed E-state index contributed by atoms with van der Waals surface area (Å²) in [6.07, 6.45) is 1.88. The summed E-state index contributed by atoms with van der Waals surface area (Å²) >= 11 is 5.74. The fraction of sp³-hybridized carbons (Fsp3) is 0.294. The number of hydrogen-bond acceptors (Lipinski definition) is 3. The molecule has 0 aliphatic carbocycles. The second kappa shape index (κ2) is 6.65. The van der Waals surface area contributed by atoms with Crippen LogP contribution in [0.5, 0.6) is 0 Å². The summed E-state index contributed by atoms with van der Waals surface area (Å²) in [5.74, 6) is -1.44. The summed E-state index contributed by atoms with van der Waals surface area (Å²) < 4.78 is 19.2. The van der Waals surface area contributed by atoms with E-state index < -0.39 is 17.6 Å². The lowest BCUT2D eigenvalue weighted by atomic mass is 10.1. The summed E-state index contributed by atoms with van der Waals surface area (Å²) in [6.45, 7) is 0.577. The first-order valence-electron chi connectivity index (χ1n) is 7.51. The molecule has 7 heteroatoms. The molecule has 2 amide bonds. The van der Waals surface area contributed by atoms with E-state index in [1.807, 2.05) is 0 Å². The Balaban J connectivity index is 1.72. The minimum Gasteiger partial charge on any atom is -0.467 e. The topological polar surface area (TPSA) is 53.8 Å². The third-order valence-electron chi connectivity index (χ3n) is 4.05. The van der Waals surface area contributed by atoms with Crippen LogP contribution in [0.25, 0.3) is 0 Å². The van der Waals surface area contributed by atoms with Crippen LogP contribution in [0.1, 0.15) is 12.2 Å². The first-order valence-corrected chi connectivity index (χ1v) is 7.89. The van der Waals surface area contributed by atoms with E-state index in [0.29, 0.717) is 18.7 Å². The van der Waals surface area contributed by atoms with E-state index in [2.05, 4.69) is 0 Å². The van der Waals surface area contributed by atoms with Crippen molar-refractivity contribution in [3.63, 3.8) is 0 Å². The van der Waals surface area contributed by atoms with Gasteiger partial charge in [-0.25, -0.2) is 4.39 Å². The van der Waals surface area contributed by atoms with Gasteiger partial charge in [0, 0.05) is 18.6 Å². The maximum atomic E-state index is 14.0. The van der Waals surface area contributed by atoms with Crippen molar-refractivity contribution in [1.29, 1.82) is 0 Å². The van der Waals surface area contributed by atoms with Crippen LogP contribution in [-0.2, 0) is 16.1 Å². The van der Waals surface area contributed by atoms with Gasteiger partial charge in [0.05, 0.1) is 18.5 Å². The minimum absolute atomic E-state index is 0.147. The standard InChI is InChI=1S/C17H16ClFN2O3/c1-20(10-12-3-2-8-24-12)16(22)13-6-7-21(17(13)23)15-5-4-11(18)9-14(15)19/h2-5,8-9,13H,6-7,10H2,1H3. The molecule has 1 saturated heterocycles. The Kier molecular flexibility index (Phi) is 4.57. The summed E-state index contributed by atoms with van der Waals surface area (Å²) in [7, 11) is 1.61. The van der Waals surface area contributed by atoms with Crippen molar-refractivity contribution >= 4 is 29.1 Å². The molecule has 5 nitrogen and oxygen atoms in total. The summed E-state index contributed by atoms with van der Waals surface area (Å²) in [5.41, 5.74) is 0.147. The Bertz CT molecular complexity index is 763. The van der Waals surface area contributed by atoms with Crippen molar-refractivity contribution in [2.75, 3.05) is 18.5 Å². The van der Waals surface area contributed by atoms with Gasteiger partial charge >= 0.3 is 0 Å². The molecule has 0 N–H and O–H groups in total. The molecule has 1 aromatic carbocycles. The molecule has 1 aromatic heterocycles. The molecule has 0 saturated carbocycles. The van der Waals surface area contributed by atoms with Crippen LogP contribution in [0.3, 0.4) is 0 Å². The molecule has 1 aliphatic heterocycles. The molecule has 0 spiro atoms. The number of amides is 2. The van der Waals surface area contributed by atoms with E-state index in [4.69, 9.17) is 16.0 Å². The predicted molar refractivity (Wildman–Crippen MR) is 87.1 cm³/mol. The van der Waals surface area contributed by atoms with Crippen LogP contribution in [0.15, 0.2) is 41.0 Å². The minimum atomic E-state index is -0.806. The third kappa shape index (κ3) is 3.14. The molecule has 126 valence electrons. The summed E-state index contributed by atoms with van der Waals surface area (Å²) in [4.78, 5) is 27.8. The normalized spacial score (nSPS) is 17.4. The predicted octanol–water partition coefficient (Wildman–Crippen LogP) is 3.08. The molecule has 1 atom stereocenters. The average molecular weight is 351 g/mol. The van der Waals surface area contributed by atoms with Crippen LogP contribution >= 0.6 is 11.6 Å². The van der Waals surface area contributed by atoms with Gasteiger partial charge in [-0.3, -0.25) is 9.59 Å². The van der Waals surface area contributed by atoms with Crippen LogP contribution in [0, 0.1) is 11.7 Å². The Labute approximate surface area is 143 Å². The van der Waals surface area contributed by atoms with E-state index in [1.165, 1.54) is 28.2 Å². The summed E-state index contributed by atoms with van der Waals surface area (Å²) in [5, 5.41) is 0.258. The van der Waals surface area contributed by atoms with Crippen molar-refractivity contribution in [3.05, 3.63) is 53.2 Å². The third-order valence-corrected chi connectivity index (χ3v) is 4.29. The van der Waals surface area contributed by atoms with Gasteiger partial charge in [0.15, 0.2) is 0 Å². The van der Waals surface area contributed by atoms with Gasteiger partial charge in [0.25, 0.3) is 0 Å². The maximum absolute atomic E-state index is 14.0. The molecular weight excluding hydrogens is 335 g/mol. The largest absolute Gasteiger partial charge is 0.467 e. The Morgan fingerprint density at radius 1 is 1.46 bits per heavy atom. The highest BCUT2D eigenvalue weighted by Crippen LogP contribution is 2.30. The molecular formula is C17H16ClFN2O3. The van der Waals surface area contributed by atoms with E-state index in [0.717, 1.165) is 6.07 Å². The van der Waals surface area contributed by atoms with Crippen molar-refractivity contribution in [2.24, 2.45) is 5.92 Å². The van der Waals surface area contributed by atoms with E-state index >= 15 is 0 Å². The molecule has 24 heavy (non-hydrogen) atoms. The number of anilines is 1. The fourth-order valence-electron chi connectivity index (χ4n) is 2.83. The SMILES string of the molecule is CN(Cc1ccco1)C(=O)C1CCN(c2ccc(Cl)cc2F)C1=O. The van der Waals surface area contributed by atoms with Crippen LogP contribution < -0.4 is 4.90 Å². The lowest BCUT2D eigenvalue weighted by Crippen LogP contribution is -2.37. The quantitative estimate of drug-likeness (QED) is 0.796. The number of rotatable bonds is 4. The van der Waals surface area contributed by atoms with Crippen LogP contribution in [0.2, 0.25) is 5.02 Å². The Hall–Kier alpha value is -2.34. The zero-order chi connectivity index (χ0) is 17.3. The van der Waals surface area contributed by atoms with E-state index in [9.17, 15) is 14.0 Å². The van der Waals surface area contributed by atoms with Gasteiger partial charge in [-0.05, 0) is 36.8 Å². The van der Waals surface area contributed by atoms with Crippen molar-refractivity contribution in [2.45, 2.75) is 13.0 Å². The number of hydrogen-bond donors (Lipinski definition) is 0. The molecule has 2 heterocycles. The van der Waals surface area contributed by atoms with Gasteiger partial charge in [-0.15, -0.1) is 0 Å². The number of nitrogens with zero attached hydrogens (tertiary/aromatic N) is 2. The smallest absolute Gasteiger partial charge is 0.239 e. The second-order valence-electron chi connectivity index (χ2n) is 5.70. The second-order valence-corrected chi connectivity index (χ2v) is 6.14. The van der Waals surface area contributed by atoms with E-state index in [1.54, 1.807) is 19.2 Å². The van der Waals surface area contributed by atoms with Gasteiger partial charge < -0.3 is 14.2 Å². The number of carbonyl (C=O) groups excluding carboxylic acids is 2. The van der Waals surface area contributed by atoms with Crippen LogP contribution in [-0.4, -0.2) is 30.3 Å². The lowest BCUT2D eigenvalue weighted by molar-refractivity contribution is -0.139. The van der Waals surface area contributed by atoms with Crippen LogP contribution in [0.4, 0.5) is 10.1 Å². The molecule has 2 aromatic rings. The van der Waals surface area contributed by atoms with Gasteiger partial charge in [-0.1, -0.05) is 11.6 Å². The number of halogens is 2. The average Bonchev–Trinajstić information content (AvgIpc) is 3.17. The van der Waals surface area contributed by atoms with Gasteiger partial charge in [-0.2, -0.15) is 0 Å². The number of benzene rings is 1. The number of carbonyl (C=O) groups is 2. The lowest BCUT2D eigenvalue weighted by Gasteiger charge is -2.20. The zero-order valence-electron chi connectivity index (χ0n) is 13.0. The highest BCUT2D eigenvalue weighted by Gasteiger charge is 2.39. The maximum Gasteiger partial charge on any atom is 0.239 e.